The highest BCUT2D eigenvalue weighted by Crippen LogP contribution is 2.24. The van der Waals surface area contributed by atoms with Crippen molar-refractivity contribution in [2.75, 3.05) is 0 Å². The van der Waals surface area contributed by atoms with Crippen LogP contribution in [-0.4, -0.2) is 27.0 Å². The van der Waals surface area contributed by atoms with Crippen LogP contribution in [0.2, 0.25) is 0 Å². The fourth-order valence-electron chi connectivity index (χ4n) is 1.34. The monoisotopic (exact) mass is 269 g/mol. The Morgan fingerprint density at radius 1 is 1.37 bits per heavy atom. The van der Waals surface area contributed by atoms with Crippen LogP contribution < -0.4 is 5.32 Å². The van der Waals surface area contributed by atoms with Gasteiger partial charge in [0.15, 0.2) is 0 Å². The van der Waals surface area contributed by atoms with Gasteiger partial charge in [-0.15, -0.1) is 0 Å². The summed E-state index contributed by atoms with van der Waals surface area (Å²) in [5.74, 6) is -1.09. The molecule has 0 heterocycles. The number of carboxylic acid groups (broad SMARTS) is 1. The molecule has 19 heavy (non-hydrogen) atoms. The molecule has 1 atom stereocenters. The van der Waals surface area contributed by atoms with Crippen molar-refractivity contribution in [3.63, 3.8) is 0 Å². The average Bonchev–Trinajstić information content (AvgIpc) is 2.35. The Kier molecular flexibility index (Phi) is 4.48. The smallest absolute Gasteiger partial charge is 0.320 e. The topological polar surface area (TPSA) is 136 Å². The molecule has 9 heteroatoms. The van der Waals surface area contributed by atoms with Gasteiger partial charge in [-0.05, 0) is 13.0 Å². The van der Waals surface area contributed by atoms with Crippen molar-refractivity contribution in [2.24, 2.45) is 0 Å². The van der Waals surface area contributed by atoms with E-state index < -0.39 is 27.5 Å². The van der Waals surface area contributed by atoms with Gasteiger partial charge in [0.1, 0.15) is 6.04 Å². The maximum Gasteiger partial charge on any atom is 0.320 e. The number of carbonyl (C=O) groups is 1. The molecule has 0 bridgehead atoms. The first-order valence-electron chi connectivity index (χ1n) is 5.21. The third-order valence-electron chi connectivity index (χ3n) is 2.45. The Labute approximate surface area is 107 Å². The SMILES string of the molecule is C[C@H](NCc1ccc([N+](=O)[O-])cc1[N+](=O)[O-])C(=O)O. The molecule has 1 aromatic rings. The van der Waals surface area contributed by atoms with Crippen LogP contribution in [0, 0.1) is 20.2 Å². The van der Waals surface area contributed by atoms with Gasteiger partial charge in [-0.25, -0.2) is 0 Å². The Bertz CT molecular complexity index is 530. The summed E-state index contributed by atoms with van der Waals surface area (Å²) >= 11 is 0. The number of non-ortho nitro benzene ring substituents is 1. The van der Waals surface area contributed by atoms with Gasteiger partial charge in [0.05, 0.1) is 15.9 Å². The summed E-state index contributed by atoms with van der Waals surface area (Å²) in [6, 6.07) is 2.34. The Morgan fingerprint density at radius 2 is 2.00 bits per heavy atom. The molecule has 9 nitrogen and oxygen atoms in total. The highest BCUT2D eigenvalue weighted by Gasteiger charge is 2.20. The van der Waals surface area contributed by atoms with Gasteiger partial charge >= 0.3 is 5.97 Å². The largest absolute Gasteiger partial charge is 0.480 e. The number of nitro benzene ring substituents is 2. The zero-order chi connectivity index (χ0) is 14.6. The van der Waals surface area contributed by atoms with Crippen LogP contribution in [0.4, 0.5) is 11.4 Å². The highest BCUT2D eigenvalue weighted by atomic mass is 16.6. The summed E-state index contributed by atoms with van der Waals surface area (Å²) in [4.78, 5) is 30.5. The number of rotatable bonds is 6. The molecule has 0 unspecified atom stereocenters. The lowest BCUT2D eigenvalue weighted by Crippen LogP contribution is -2.33. The molecule has 1 rings (SSSR count). The van der Waals surface area contributed by atoms with Crippen molar-refractivity contribution in [1.29, 1.82) is 0 Å². The molecule has 1 aromatic carbocycles. The van der Waals surface area contributed by atoms with Crippen molar-refractivity contribution >= 4 is 17.3 Å². The number of benzene rings is 1. The predicted octanol–water partition coefficient (Wildman–Crippen LogP) is 1.07. The number of hydrogen-bond donors (Lipinski definition) is 2. The van der Waals surface area contributed by atoms with Gasteiger partial charge in [-0.2, -0.15) is 0 Å². The van der Waals surface area contributed by atoms with Gasteiger partial charge in [0.25, 0.3) is 11.4 Å². The first kappa shape index (κ1) is 14.5. The van der Waals surface area contributed by atoms with Crippen molar-refractivity contribution in [1.82, 2.24) is 5.32 Å². The molecule has 0 spiro atoms. The number of carboxylic acids is 1. The zero-order valence-electron chi connectivity index (χ0n) is 9.90. The minimum Gasteiger partial charge on any atom is -0.480 e. The summed E-state index contributed by atoms with van der Waals surface area (Å²) < 4.78 is 0. The molecular weight excluding hydrogens is 258 g/mol. The van der Waals surface area contributed by atoms with Crippen molar-refractivity contribution < 1.29 is 19.7 Å². The minimum absolute atomic E-state index is 0.0677. The molecule has 0 radical (unpaired) electrons. The molecule has 0 amide bonds. The lowest BCUT2D eigenvalue weighted by atomic mass is 10.1. The number of nitrogens with one attached hydrogen (secondary N) is 1. The molecule has 0 aliphatic heterocycles. The average molecular weight is 269 g/mol. The second kappa shape index (κ2) is 5.87. The van der Waals surface area contributed by atoms with E-state index in [2.05, 4.69) is 5.32 Å². The lowest BCUT2D eigenvalue weighted by molar-refractivity contribution is -0.394. The van der Waals surface area contributed by atoms with E-state index in [0.29, 0.717) is 0 Å². The maximum absolute atomic E-state index is 10.8. The summed E-state index contributed by atoms with van der Waals surface area (Å²) in [6.45, 7) is 1.32. The van der Waals surface area contributed by atoms with Crippen molar-refractivity contribution in [2.45, 2.75) is 19.5 Å². The minimum atomic E-state index is -1.09. The van der Waals surface area contributed by atoms with Gasteiger partial charge in [-0.1, -0.05) is 0 Å². The number of hydrogen-bond acceptors (Lipinski definition) is 6. The molecule has 0 saturated heterocycles. The fourth-order valence-corrected chi connectivity index (χ4v) is 1.34. The first-order valence-corrected chi connectivity index (χ1v) is 5.21. The molecule has 0 fully saturated rings. The van der Waals surface area contributed by atoms with Gasteiger partial charge in [-0.3, -0.25) is 25.0 Å². The van der Waals surface area contributed by atoms with E-state index in [1.807, 2.05) is 0 Å². The van der Waals surface area contributed by atoms with Crippen LogP contribution in [0.5, 0.6) is 0 Å². The second-order valence-corrected chi connectivity index (χ2v) is 3.77. The van der Waals surface area contributed by atoms with E-state index in [1.165, 1.54) is 13.0 Å². The quantitative estimate of drug-likeness (QED) is 0.582. The molecule has 0 aliphatic rings. The number of nitrogens with zero attached hydrogens (tertiary/aromatic N) is 2. The highest BCUT2D eigenvalue weighted by molar-refractivity contribution is 5.72. The molecule has 102 valence electrons. The normalized spacial score (nSPS) is 11.8. The maximum atomic E-state index is 10.8. The first-order chi connectivity index (χ1) is 8.82. The van der Waals surface area contributed by atoms with Gasteiger partial charge in [0.2, 0.25) is 0 Å². The Balaban J connectivity index is 2.97. The van der Waals surface area contributed by atoms with Gasteiger partial charge < -0.3 is 10.4 Å². The van der Waals surface area contributed by atoms with E-state index in [0.717, 1.165) is 12.1 Å². The van der Waals surface area contributed by atoms with Crippen LogP contribution in [0.25, 0.3) is 0 Å². The third kappa shape index (κ3) is 3.71. The summed E-state index contributed by atoms with van der Waals surface area (Å²) in [5.41, 5.74) is -0.621. The number of nitro groups is 2. The second-order valence-electron chi connectivity index (χ2n) is 3.77. The summed E-state index contributed by atoms with van der Waals surface area (Å²) in [6.07, 6.45) is 0. The lowest BCUT2D eigenvalue weighted by Gasteiger charge is -2.09. The Morgan fingerprint density at radius 3 is 2.47 bits per heavy atom. The van der Waals surface area contributed by atoms with Crippen molar-refractivity contribution in [3.8, 4) is 0 Å². The molecule has 2 N–H and O–H groups in total. The van der Waals surface area contributed by atoms with Gasteiger partial charge in [0, 0.05) is 18.2 Å². The predicted molar refractivity (Wildman–Crippen MR) is 63.7 cm³/mol. The van der Waals surface area contributed by atoms with E-state index in [9.17, 15) is 25.0 Å². The van der Waals surface area contributed by atoms with Crippen LogP contribution in [0.15, 0.2) is 18.2 Å². The summed E-state index contributed by atoms with van der Waals surface area (Å²) in [5, 5.41) is 32.6. The van der Waals surface area contributed by atoms with E-state index in [1.54, 1.807) is 0 Å². The summed E-state index contributed by atoms with van der Waals surface area (Å²) in [7, 11) is 0. The zero-order valence-corrected chi connectivity index (χ0v) is 9.90. The fraction of sp³-hybridized carbons (Fsp3) is 0.300. The van der Waals surface area contributed by atoms with Crippen LogP contribution in [-0.2, 0) is 11.3 Å². The van der Waals surface area contributed by atoms with E-state index in [-0.39, 0.29) is 17.8 Å². The molecule has 0 aliphatic carbocycles. The van der Waals surface area contributed by atoms with E-state index in [4.69, 9.17) is 5.11 Å². The van der Waals surface area contributed by atoms with E-state index >= 15 is 0 Å². The van der Waals surface area contributed by atoms with Crippen LogP contribution in [0.1, 0.15) is 12.5 Å². The standard InChI is InChI=1S/C10H11N3O6/c1-6(10(14)15)11-5-7-2-3-8(12(16)17)4-9(7)13(18)19/h2-4,6,11H,5H2,1H3,(H,14,15)/t6-/m0/s1. The Hall–Kier alpha value is -2.55. The molecule has 0 aromatic heterocycles. The number of aliphatic carboxylic acids is 1. The van der Waals surface area contributed by atoms with Crippen LogP contribution in [0.3, 0.4) is 0 Å². The third-order valence-corrected chi connectivity index (χ3v) is 2.45. The van der Waals surface area contributed by atoms with Crippen LogP contribution >= 0.6 is 0 Å². The molecular formula is C10H11N3O6. The molecule has 0 saturated carbocycles. The van der Waals surface area contributed by atoms with Crippen molar-refractivity contribution in [3.05, 3.63) is 44.0 Å².